The van der Waals surface area contributed by atoms with Gasteiger partial charge in [-0.15, -0.1) is 0 Å². The van der Waals surface area contributed by atoms with E-state index in [2.05, 4.69) is 20.9 Å². The molecule has 2 fully saturated rings. The van der Waals surface area contributed by atoms with Gasteiger partial charge in [-0.3, -0.25) is 9.78 Å². The number of sulfonamides is 1. The van der Waals surface area contributed by atoms with Gasteiger partial charge in [-0.1, -0.05) is 37.6 Å². The van der Waals surface area contributed by atoms with Crippen LogP contribution < -0.4 is 16.0 Å². The summed E-state index contributed by atoms with van der Waals surface area (Å²) in [5, 5.41) is 8.89. The first-order chi connectivity index (χ1) is 19.9. The summed E-state index contributed by atoms with van der Waals surface area (Å²) in [5.74, 6) is -1.75. The quantitative estimate of drug-likeness (QED) is 0.344. The molecule has 230 valence electrons. The maximum absolute atomic E-state index is 15.2. The van der Waals surface area contributed by atoms with Crippen LogP contribution in [-0.4, -0.2) is 73.3 Å². The number of carbonyl (C=O) groups is 2. The number of pyridine rings is 1. The van der Waals surface area contributed by atoms with Crippen molar-refractivity contribution in [2.75, 3.05) is 25.5 Å². The van der Waals surface area contributed by atoms with E-state index in [4.69, 9.17) is 16.3 Å². The Kier molecular flexibility index (Phi) is 10.4. The number of nitrogens with one attached hydrogen (secondary N) is 3. The van der Waals surface area contributed by atoms with Crippen LogP contribution in [0.5, 0.6) is 0 Å². The van der Waals surface area contributed by atoms with E-state index in [9.17, 15) is 18.0 Å². The summed E-state index contributed by atoms with van der Waals surface area (Å²) in [5.41, 5.74) is 1.15. The van der Waals surface area contributed by atoms with Gasteiger partial charge in [-0.05, 0) is 56.2 Å². The number of halogens is 2. The van der Waals surface area contributed by atoms with Gasteiger partial charge in [0.15, 0.2) is 0 Å². The molecule has 4 rings (SSSR count). The highest BCUT2D eigenvalue weighted by atomic mass is 35.5. The molecule has 0 radical (unpaired) electrons. The Bertz CT molecular complexity index is 1370. The monoisotopic (exact) mass is 623 g/mol. The minimum absolute atomic E-state index is 0.0932. The Balaban J connectivity index is 1.58. The van der Waals surface area contributed by atoms with Crippen molar-refractivity contribution in [2.45, 2.75) is 75.7 Å². The number of methoxy groups -OCH3 is 1. The van der Waals surface area contributed by atoms with Gasteiger partial charge in [0.1, 0.15) is 11.9 Å². The topological polar surface area (TPSA) is 130 Å². The molecule has 42 heavy (non-hydrogen) atoms. The van der Waals surface area contributed by atoms with Gasteiger partial charge in [0, 0.05) is 41.7 Å². The fraction of sp³-hybridized carbons (Fsp3) is 0.552. The van der Waals surface area contributed by atoms with E-state index in [-0.39, 0.29) is 40.9 Å². The molecule has 1 aliphatic carbocycles. The standard InChI is InChI=1S/C29H39ClFN5O5S/c1-17(2)26(19-5-7-20(30)8-6-19)27(35-29(38)41-4)28(37)34-25-16-33-15-24(31)23(25)12-9-21-14-32-13-18(3)36(21)42(39,40)22-10-11-22/h5-8,15-18,21-22,26-27,32H,9-14H2,1-4H3,(H,34,37)(H,35,38). The number of alkyl carbamates (subject to hydrolysis) is 1. The minimum Gasteiger partial charge on any atom is -0.453 e. The Labute approximate surface area is 251 Å². The third-order valence-corrected chi connectivity index (χ3v) is 10.7. The molecule has 0 bridgehead atoms. The van der Waals surface area contributed by atoms with E-state index < -0.39 is 39.8 Å². The van der Waals surface area contributed by atoms with Crippen molar-refractivity contribution < 1.29 is 27.1 Å². The number of benzene rings is 1. The number of piperazine rings is 1. The lowest BCUT2D eigenvalue weighted by Gasteiger charge is -2.40. The summed E-state index contributed by atoms with van der Waals surface area (Å²) >= 11 is 6.08. The van der Waals surface area contributed by atoms with Gasteiger partial charge in [0.05, 0.1) is 30.4 Å². The predicted octanol–water partition coefficient (Wildman–Crippen LogP) is 4.06. The molecule has 1 saturated heterocycles. The van der Waals surface area contributed by atoms with Crippen molar-refractivity contribution in [3.8, 4) is 0 Å². The number of ether oxygens (including phenoxy) is 1. The zero-order chi connectivity index (χ0) is 30.6. The SMILES string of the molecule is COC(=O)NC(C(=O)Nc1cncc(F)c1CCC1CNCC(C)N1S(=O)(=O)C1CC1)C(c1ccc(Cl)cc1)C(C)C. The van der Waals surface area contributed by atoms with Gasteiger partial charge in [0.2, 0.25) is 15.9 Å². The first-order valence-electron chi connectivity index (χ1n) is 14.2. The van der Waals surface area contributed by atoms with Gasteiger partial charge in [-0.25, -0.2) is 17.6 Å². The third-order valence-electron chi connectivity index (χ3n) is 7.92. The van der Waals surface area contributed by atoms with Crippen LogP contribution in [0.1, 0.15) is 57.1 Å². The number of hydrogen-bond donors (Lipinski definition) is 3. The zero-order valence-corrected chi connectivity index (χ0v) is 25.8. The van der Waals surface area contributed by atoms with E-state index in [1.54, 1.807) is 28.6 Å². The highest BCUT2D eigenvalue weighted by molar-refractivity contribution is 7.90. The molecule has 13 heteroatoms. The van der Waals surface area contributed by atoms with E-state index in [1.165, 1.54) is 13.3 Å². The van der Waals surface area contributed by atoms with E-state index >= 15 is 4.39 Å². The molecular formula is C29H39ClFN5O5S. The second-order valence-electron chi connectivity index (χ2n) is 11.3. The molecule has 3 N–H and O–H groups in total. The fourth-order valence-electron chi connectivity index (χ4n) is 5.72. The Morgan fingerprint density at radius 3 is 2.50 bits per heavy atom. The molecule has 0 spiro atoms. The maximum atomic E-state index is 15.2. The summed E-state index contributed by atoms with van der Waals surface area (Å²) in [7, 11) is -2.24. The summed E-state index contributed by atoms with van der Waals surface area (Å²) in [4.78, 5) is 30.0. The summed E-state index contributed by atoms with van der Waals surface area (Å²) < 4.78 is 48.0. The Morgan fingerprint density at radius 2 is 1.88 bits per heavy atom. The molecule has 1 aromatic heterocycles. The maximum Gasteiger partial charge on any atom is 0.407 e. The van der Waals surface area contributed by atoms with Gasteiger partial charge in [0.25, 0.3) is 0 Å². The number of aromatic nitrogens is 1. The molecule has 2 aliphatic rings. The average Bonchev–Trinajstić information content (AvgIpc) is 3.79. The van der Waals surface area contributed by atoms with Crippen molar-refractivity contribution in [3.63, 3.8) is 0 Å². The number of nitrogens with zero attached hydrogens (tertiary/aromatic N) is 2. The molecule has 4 atom stereocenters. The van der Waals surface area contributed by atoms with Crippen molar-refractivity contribution in [1.29, 1.82) is 0 Å². The lowest BCUT2D eigenvalue weighted by Crippen LogP contribution is -2.59. The molecule has 1 aliphatic heterocycles. The second kappa shape index (κ2) is 13.7. The van der Waals surface area contributed by atoms with Crippen LogP contribution in [0.3, 0.4) is 0 Å². The fourth-order valence-corrected chi connectivity index (χ4v) is 8.09. The number of carbonyl (C=O) groups excluding carboxylic acids is 2. The largest absolute Gasteiger partial charge is 0.453 e. The minimum atomic E-state index is -3.45. The van der Waals surface area contributed by atoms with Crippen molar-refractivity contribution in [1.82, 2.24) is 19.9 Å². The number of anilines is 1. The average molecular weight is 624 g/mol. The van der Waals surface area contributed by atoms with Gasteiger partial charge >= 0.3 is 6.09 Å². The molecule has 1 aromatic carbocycles. The predicted molar refractivity (Wildman–Crippen MR) is 159 cm³/mol. The van der Waals surface area contributed by atoms with Crippen LogP contribution >= 0.6 is 11.6 Å². The first-order valence-corrected chi connectivity index (χ1v) is 16.1. The first kappa shape index (κ1) is 32.1. The zero-order valence-electron chi connectivity index (χ0n) is 24.3. The molecule has 2 aromatic rings. The third kappa shape index (κ3) is 7.39. The van der Waals surface area contributed by atoms with E-state index in [0.717, 1.165) is 11.8 Å². The molecule has 2 heterocycles. The smallest absolute Gasteiger partial charge is 0.407 e. The lowest BCUT2D eigenvalue weighted by atomic mass is 9.82. The normalized spacial score (nSPS) is 21.0. The Morgan fingerprint density at radius 1 is 1.19 bits per heavy atom. The van der Waals surface area contributed by atoms with Gasteiger partial charge in [-0.2, -0.15) is 4.31 Å². The van der Waals surface area contributed by atoms with Crippen LogP contribution in [0.2, 0.25) is 5.02 Å². The summed E-state index contributed by atoms with van der Waals surface area (Å²) in [6, 6.07) is 5.35. The second-order valence-corrected chi connectivity index (χ2v) is 13.9. The highest BCUT2D eigenvalue weighted by Gasteiger charge is 2.45. The number of amides is 2. The molecule has 4 unspecified atom stereocenters. The van der Waals surface area contributed by atoms with Crippen LogP contribution in [0.15, 0.2) is 36.7 Å². The summed E-state index contributed by atoms with van der Waals surface area (Å²) in [6.07, 6.45) is 3.47. The van der Waals surface area contributed by atoms with Crippen LogP contribution in [0.25, 0.3) is 0 Å². The molecule has 10 nitrogen and oxygen atoms in total. The van der Waals surface area contributed by atoms with Crippen LogP contribution in [0, 0.1) is 11.7 Å². The molecule has 2 amide bonds. The highest BCUT2D eigenvalue weighted by Crippen LogP contribution is 2.35. The van der Waals surface area contributed by atoms with E-state index in [1.807, 2.05) is 20.8 Å². The Hall–Kier alpha value is -2.80. The van der Waals surface area contributed by atoms with Crippen LogP contribution in [-0.2, 0) is 26.0 Å². The lowest BCUT2D eigenvalue weighted by molar-refractivity contribution is -0.118. The molecular weight excluding hydrogens is 585 g/mol. The van der Waals surface area contributed by atoms with Crippen molar-refractivity contribution in [3.05, 3.63) is 58.6 Å². The molecule has 1 saturated carbocycles. The van der Waals surface area contributed by atoms with Crippen molar-refractivity contribution >= 4 is 39.3 Å². The van der Waals surface area contributed by atoms with E-state index in [0.29, 0.717) is 37.4 Å². The van der Waals surface area contributed by atoms with Crippen LogP contribution in [0.4, 0.5) is 14.9 Å². The van der Waals surface area contributed by atoms with Gasteiger partial charge < -0.3 is 20.7 Å². The van der Waals surface area contributed by atoms with Crippen molar-refractivity contribution in [2.24, 2.45) is 5.92 Å². The number of hydrogen-bond acceptors (Lipinski definition) is 7. The number of rotatable bonds is 11. The summed E-state index contributed by atoms with van der Waals surface area (Å²) in [6.45, 7) is 6.72.